The zero-order chi connectivity index (χ0) is 38.2. The molecule has 1 heterocycles. The largest absolute Gasteiger partial charge is 0.478 e. The van der Waals surface area contributed by atoms with E-state index in [1.165, 1.54) is 61.2 Å². The molecule has 0 N–H and O–H groups in total. The fourth-order valence-electron chi connectivity index (χ4n) is 10.2. The Labute approximate surface area is 339 Å². The highest BCUT2D eigenvalue weighted by Crippen LogP contribution is 2.64. The number of ether oxygens (including phenoxy) is 2. The van der Waals surface area contributed by atoms with E-state index in [4.69, 9.17) is 9.47 Å². The summed E-state index contributed by atoms with van der Waals surface area (Å²) in [7, 11) is 0. The van der Waals surface area contributed by atoms with Gasteiger partial charge in [0.25, 0.3) is 0 Å². The van der Waals surface area contributed by atoms with Gasteiger partial charge in [-0.2, -0.15) is 0 Å². The average molecular weight is 746 g/mol. The van der Waals surface area contributed by atoms with Crippen LogP contribution in [0.2, 0.25) is 0 Å². The Balaban J connectivity index is 0.950. The van der Waals surface area contributed by atoms with Crippen molar-refractivity contribution >= 4 is 11.4 Å². The summed E-state index contributed by atoms with van der Waals surface area (Å²) in [4.78, 5) is 2.35. The number of hydrogen-bond acceptors (Lipinski definition) is 3. The van der Waals surface area contributed by atoms with Gasteiger partial charge in [0.2, 0.25) is 0 Å². The van der Waals surface area contributed by atoms with Crippen molar-refractivity contribution in [3.63, 3.8) is 0 Å². The smallest absolute Gasteiger partial charge is 0.163 e. The number of fused-ring (bicyclic) bond motifs is 12. The Hall–Kier alpha value is -7.10. The number of allylic oxidation sites excluding steroid dienone is 5. The molecule has 3 heteroatoms. The number of nitrogens with zero attached hydrogens (tertiary/aromatic N) is 1. The molecule has 3 atom stereocenters. The van der Waals surface area contributed by atoms with Gasteiger partial charge in [-0.25, -0.2) is 0 Å². The minimum absolute atomic E-state index is 0.273. The van der Waals surface area contributed by atoms with Crippen molar-refractivity contribution in [1.82, 2.24) is 0 Å². The second-order valence-corrected chi connectivity index (χ2v) is 15.8. The minimum atomic E-state index is -0.432. The zero-order valence-corrected chi connectivity index (χ0v) is 31.8. The van der Waals surface area contributed by atoms with Crippen molar-refractivity contribution in [3.05, 3.63) is 240 Å². The molecule has 276 valence electrons. The van der Waals surface area contributed by atoms with Crippen LogP contribution in [0.4, 0.5) is 11.4 Å². The lowest BCUT2D eigenvalue weighted by Gasteiger charge is -2.37. The highest BCUT2D eigenvalue weighted by Gasteiger charge is 2.52. The third kappa shape index (κ3) is 4.93. The molecule has 58 heavy (non-hydrogen) atoms. The fraction of sp³-hybridized carbons (Fsp3) is 0.0909. The van der Waals surface area contributed by atoms with Crippen molar-refractivity contribution in [1.29, 1.82) is 0 Å². The summed E-state index contributed by atoms with van der Waals surface area (Å²) in [5.74, 6) is 1.90. The zero-order valence-electron chi connectivity index (χ0n) is 31.8. The van der Waals surface area contributed by atoms with E-state index in [-0.39, 0.29) is 12.2 Å². The molecule has 0 saturated carbocycles. The lowest BCUT2D eigenvalue weighted by atomic mass is 9.70. The first-order valence-corrected chi connectivity index (χ1v) is 20.3. The second kappa shape index (κ2) is 13.0. The SMILES string of the molecule is C1=CCC(c2cccc(N(C3=CC4Oc5cc6c(cc5OC4C=C3)C3(c4ccccc4-c4ccccc43)c3ccccc3-6)c3ccc(-c4ccccc4)cc3)c2)C=C1. The third-order valence-electron chi connectivity index (χ3n) is 12.7. The van der Waals surface area contributed by atoms with E-state index in [0.29, 0.717) is 5.92 Å². The van der Waals surface area contributed by atoms with Crippen LogP contribution in [-0.4, -0.2) is 12.2 Å². The van der Waals surface area contributed by atoms with E-state index in [9.17, 15) is 0 Å². The Morgan fingerprint density at radius 2 is 1.12 bits per heavy atom. The molecule has 12 rings (SSSR count). The Morgan fingerprint density at radius 1 is 0.483 bits per heavy atom. The van der Waals surface area contributed by atoms with Crippen LogP contribution in [0.1, 0.15) is 40.2 Å². The summed E-state index contributed by atoms with van der Waals surface area (Å²) in [6, 6.07) is 59.6. The number of anilines is 2. The van der Waals surface area contributed by atoms with Gasteiger partial charge in [-0.05, 0) is 122 Å². The molecule has 0 bridgehead atoms. The van der Waals surface area contributed by atoms with Gasteiger partial charge in [-0.3, -0.25) is 0 Å². The molecule has 1 aliphatic heterocycles. The lowest BCUT2D eigenvalue weighted by molar-refractivity contribution is 0.0748. The molecule has 0 aromatic heterocycles. The van der Waals surface area contributed by atoms with Gasteiger partial charge in [0.15, 0.2) is 23.7 Å². The van der Waals surface area contributed by atoms with Gasteiger partial charge in [0.1, 0.15) is 0 Å². The molecule has 5 aliphatic rings. The van der Waals surface area contributed by atoms with Crippen molar-refractivity contribution in [2.75, 3.05) is 4.90 Å². The van der Waals surface area contributed by atoms with Crippen LogP contribution >= 0.6 is 0 Å². The topological polar surface area (TPSA) is 21.7 Å². The summed E-state index contributed by atoms with van der Waals surface area (Å²) >= 11 is 0. The van der Waals surface area contributed by atoms with Crippen molar-refractivity contribution in [3.8, 4) is 44.9 Å². The van der Waals surface area contributed by atoms with Crippen LogP contribution in [0.25, 0.3) is 33.4 Å². The number of hydrogen-bond donors (Lipinski definition) is 0. The summed E-state index contributed by atoms with van der Waals surface area (Å²) in [5, 5.41) is 0. The molecule has 0 radical (unpaired) electrons. The first-order valence-electron chi connectivity index (χ1n) is 20.3. The predicted octanol–water partition coefficient (Wildman–Crippen LogP) is 13.1. The molecule has 0 fully saturated rings. The molecule has 7 aromatic rings. The minimum Gasteiger partial charge on any atom is -0.478 e. The standard InChI is InChI=1S/C55H39NO2/c1-3-14-36(15-4-1)38-26-28-40(29-27-38)56(41-19-13-18-39(32-41)37-16-5-2-6-17-37)42-30-31-51-52(33-42)58-53-34-46-45-22-9-12-25-49(45)55(50(46)35-54(53)57-51)47-23-10-7-20-43(47)44-21-8-11-24-48(44)55/h1-16,18-35,37,51-52H,17H2. The third-order valence-corrected chi connectivity index (χ3v) is 12.7. The second-order valence-electron chi connectivity index (χ2n) is 15.8. The van der Waals surface area contributed by atoms with Gasteiger partial charge < -0.3 is 14.4 Å². The van der Waals surface area contributed by atoms with Crippen molar-refractivity contribution in [2.24, 2.45) is 0 Å². The summed E-state index contributed by atoms with van der Waals surface area (Å²) in [6.45, 7) is 0. The molecular formula is C55H39NO2. The maximum atomic E-state index is 7.02. The molecule has 3 unspecified atom stereocenters. The van der Waals surface area contributed by atoms with Crippen LogP contribution in [0.5, 0.6) is 11.5 Å². The molecule has 0 saturated heterocycles. The molecule has 4 aliphatic carbocycles. The highest BCUT2D eigenvalue weighted by atomic mass is 16.6. The summed E-state index contributed by atoms with van der Waals surface area (Å²) < 4.78 is 14.0. The van der Waals surface area contributed by atoms with Gasteiger partial charge >= 0.3 is 0 Å². The van der Waals surface area contributed by atoms with Gasteiger partial charge in [-0.1, -0.05) is 152 Å². The van der Waals surface area contributed by atoms with E-state index in [2.05, 4.69) is 211 Å². The Bertz CT molecular complexity index is 2850. The van der Waals surface area contributed by atoms with E-state index in [0.717, 1.165) is 35.0 Å². The quantitative estimate of drug-likeness (QED) is 0.175. The van der Waals surface area contributed by atoms with Crippen LogP contribution < -0.4 is 14.4 Å². The van der Waals surface area contributed by atoms with Gasteiger partial charge in [0.05, 0.1) is 5.41 Å². The van der Waals surface area contributed by atoms with Crippen LogP contribution in [0.15, 0.2) is 212 Å². The van der Waals surface area contributed by atoms with E-state index < -0.39 is 5.41 Å². The molecule has 0 amide bonds. The van der Waals surface area contributed by atoms with Crippen LogP contribution in [0, 0.1) is 0 Å². The van der Waals surface area contributed by atoms with E-state index in [1.54, 1.807) is 0 Å². The maximum Gasteiger partial charge on any atom is 0.163 e. The lowest BCUT2D eigenvalue weighted by Crippen LogP contribution is -2.40. The Kier molecular flexibility index (Phi) is 7.40. The molecular weight excluding hydrogens is 707 g/mol. The highest BCUT2D eigenvalue weighted by molar-refractivity contribution is 5.95. The maximum absolute atomic E-state index is 7.02. The monoisotopic (exact) mass is 745 g/mol. The van der Waals surface area contributed by atoms with Gasteiger partial charge in [-0.15, -0.1) is 0 Å². The normalized spacial score (nSPS) is 19.4. The van der Waals surface area contributed by atoms with Crippen molar-refractivity contribution in [2.45, 2.75) is 30.0 Å². The number of rotatable bonds is 5. The molecule has 7 aromatic carbocycles. The first kappa shape index (κ1) is 33.1. The molecule has 1 spiro atoms. The van der Waals surface area contributed by atoms with Crippen molar-refractivity contribution < 1.29 is 9.47 Å². The first-order chi connectivity index (χ1) is 28.7. The number of benzene rings is 7. The van der Waals surface area contributed by atoms with E-state index in [1.807, 2.05) is 0 Å². The van der Waals surface area contributed by atoms with E-state index >= 15 is 0 Å². The van der Waals surface area contributed by atoms with Crippen LogP contribution in [-0.2, 0) is 5.41 Å². The van der Waals surface area contributed by atoms with Crippen LogP contribution in [0.3, 0.4) is 0 Å². The predicted molar refractivity (Wildman–Crippen MR) is 235 cm³/mol. The summed E-state index contributed by atoms with van der Waals surface area (Å²) in [6.07, 6.45) is 15.9. The average Bonchev–Trinajstić information content (AvgIpc) is 3.75. The fourth-order valence-corrected chi connectivity index (χ4v) is 10.2. The Morgan fingerprint density at radius 3 is 1.83 bits per heavy atom. The van der Waals surface area contributed by atoms with Gasteiger partial charge in [0, 0.05) is 23.0 Å². The molecule has 3 nitrogen and oxygen atoms in total. The summed E-state index contributed by atoms with van der Waals surface area (Å²) in [5.41, 5.74) is 16.7.